The number of hydrogen-bond acceptors (Lipinski definition) is 6. The zero-order valence-electron chi connectivity index (χ0n) is 22.0. The van der Waals surface area contributed by atoms with Crippen molar-refractivity contribution in [2.24, 2.45) is 0 Å². The second-order valence-corrected chi connectivity index (χ2v) is 8.69. The van der Waals surface area contributed by atoms with Crippen molar-refractivity contribution in [2.45, 2.75) is 39.2 Å². The van der Waals surface area contributed by atoms with Gasteiger partial charge in [-0.25, -0.2) is 9.78 Å². The number of nitrogens with one attached hydrogen (secondary N) is 3. The molecule has 8 nitrogen and oxygen atoms in total. The van der Waals surface area contributed by atoms with E-state index in [9.17, 15) is 14.4 Å². The van der Waals surface area contributed by atoms with Crippen molar-refractivity contribution >= 4 is 40.4 Å². The third-order valence-corrected chi connectivity index (χ3v) is 6.03. The number of pyridine rings is 1. The number of ether oxygens (including phenoxy) is 1. The SMILES string of the molecule is C=C(C(=O)c1cnc(NC(=O)NCC)cc1Nc1ccccc1)c1ccc(CCC(=O)C(CC)OC)cc1. The normalized spacial score (nSPS) is 11.3. The highest BCUT2D eigenvalue weighted by Gasteiger charge is 2.19. The van der Waals surface area contributed by atoms with E-state index in [4.69, 9.17) is 4.74 Å². The Labute approximate surface area is 223 Å². The summed E-state index contributed by atoms with van der Waals surface area (Å²) in [5.74, 6) is 0.0817. The molecule has 8 heteroatoms. The number of para-hydroxylation sites is 1. The van der Waals surface area contributed by atoms with Gasteiger partial charge in [-0.15, -0.1) is 0 Å². The number of carbonyl (C=O) groups excluding carboxylic acids is 3. The quantitative estimate of drug-likeness (QED) is 0.197. The van der Waals surface area contributed by atoms with Crippen molar-refractivity contribution < 1.29 is 19.1 Å². The van der Waals surface area contributed by atoms with Crippen LogP contribution in [0, 0.1) is 0 Å². The van der Waals surface area contributed by atoms with E-state index in [1.54, 1.807) is 13.2 Å². The van der Waals surface area contributed by atoms with Gasteiger partial charge in [0.15, 0.2) is 11.6 Å². The van der Waals surface area contributed by atoms with Crippen molar-refractivity contribution in [1.29, 1.82) is 0 Å². The van der Waals surface area contributed by atoms with Gasteiger partial charge < -0.3 is 15.4 Å². The van der Waals surface area contributed by atoms with Crippen LogP contribution in [-0.4, -0.2) is 42.3 Å². The topological polar surface area (TPSA) is 109 Å². The minimum atomic E-state index is -0.386. The maximum absolute atomic E-state index is 13.5. The predicted octanol–water partition coefficient (Wildman–Crippen LogP) is 5.79. The molecule has 0 fully saturated rings. The Kier molecular flexibility index (Phi) is 10.3. The van der Waals surface area contributed by atoms with E-state index in [1.807, 2.05) is 68.4 Å². The van der Waals surface area contributed by atoms with E-state index in [0.29, 0.717) is 54.0 Å². The zero-order valence-corrected chi connectivity index (χ0v) is 22.0. The summed E-state index contributed by atoms with van der Waals surface area (Å²) in [6, 6.07) is 18.1. The third kappa shape index (κ3) is 7.60. The summed E-state index contributed by atoms with van der Waals surface area (Å²) in [6.45, 7) is 8.25. The van der Waals surface area contributed by atoms with Crippen LogP contribution in [-0.2, 0) is 16.0 Å². The van der Waals surface area contributed by atoms with Gasteiger partial charge in [0, 0.05) is 43.6 Å². The van der Waals surface area contributed by atoms with Crippen LogP contribution in [0.5, 0.6) is 0 Å². The Morgan fingerprint density at radius 2 is 1.74 bits per heavy atom. The highest BCUT2D eigenvalue weighted by Crippen LogP contribution is 2.28. The van der Waals surface area contributed by atoms with E-state index in [2.05, 4.69) is 27.5 Å². The maximum atomic E-state index is 13.5. The summed E-state index contributed by atoms with van der Waals surface area (Å²) in [5, 5.41) is 8.57. The van der Waals surface area contributed by atoms with Gasteiger partial charge in [0.2, 0.25) is 0 Å². The average Bonchev–Trinajstić information content (AvgIpc) is 2.93. The second-order valence-electron chi connectivity index (χ2n) is 8.69. The number of carbonyl (C=O) groups is 3. The second kappa shape index (κ2) is 13.9. The minimum absolute atomic E-state index is 0.0784. The van der Waals surface area contributed by atoms with E-state index >= 15 is 0 Å². The Morgan fingerprint density at radius 1 is 1.03 bits per heavy atom. The molecule has 198 valence electrons. The summed E-state index contributed by atoms with van der Waals surface area (Å²) >= 11 is 0. The molecule has 1 atom stereocenters. The molecule has 3 aromatic rings. The Morgan fingerprint density at radius 3 is 2.37 bits per heavy atom. The molecular weight excluding hydrogens is 480 g/mol. The number of allylic oxidation sites excluding steroid dienone is 1. The maximum Gasteiger partial charge on any atom is 0.320 e. The molecule has 0 aliphatic carbocycles. The van der Waals surface area contributed by atoms with Crippen LogP contribution in [0.1, 0.15) is 48.2 Å². The number of aryl methyl sites for hydroxylation is 1. The first-order valence-electron chi connectivity index (χ1n) is 12.6. The van der Waals surface area contributed by atoms with Gasteiger partial charge in [0.25, 0.3) is 0 Å². The molecule has 3 N–H and O–H groups in total. The van der Waals surface area contributed by atoms with Crippen LogP contribution < -0.4 is 16.0 Å². The van der Waals surface area contributed by atoms with E-state index in [1.165, 1.54) is 6.20 Å². The molecule has 2 aromatic carbocycles. The van der Waals surface area contributed by atoms with Crippen molar-refractivity contribution in [3.63, 3.8) is 0 Å². The standard InChI is InChI=1S/C30H34N4O4/c1-5-27(38-4)26(35)17-14-21-12-15-22(16-13-21)20(3)29(36)24-19-32-28(34-30(37)31-6-2)18-25(24)33-23-10-8-7-9-11-23/h7-13,15-16,18-19,27H,3,5-6,14,17H2,1-2,4H3,(H3,31,32,33,34,37). The molecule has 0 radical (unpaired) electrons. The van der Waals surface area contributed by atoms with Crippen molar-refractivity contribution in [2.75, 3.05) is 24.3 Å². The highest BCUT2D eigenvalue weighted by molar-refractivity contribution is 6.30. The lowest BCUT2D eigenvalue weighted by atomic mass is 9.96. The van der Waals surface area contributed by atoms with Gasteiger partial charge >= 0.3 is 6.03 Å². The molecule has 0 saturated carbocycles. The molecule has 0 saturated heterocycles. The lowest BCUT2D eigenvalue weighted by Gasteiger charge is -2.15. The molecule has 0 aliphatic heterocycles. The Balaban J connectivity index is 1.79. The summed E-state index contributed by atoms with van der Waals surface area (Å²) in [5.41, 5.74) is 3.55. The van der Waals surface area contributed by atoms with Gasteiger partial charge in [-0.3, -0.25) is 14.9 Å². The molecule has 0 aliphatic rings. The fraction of sp³-hybridized carbons (Fsp3) is 0.267. The lowest BCUT2D eigenvalue weighted by molar-refractivity contribution is -0.128. The molecule has 3 rings (SSSR count). The number of urea groups is 1. The van der Waals surface area contributed by atoms with Crippen LogP contribution in [0.25, 0.3) is 5.57 Å². The third-order valence-electron chi connectivity index (χ3n) is 6.03. The van der Waals surface area contributed by atoms with Crippen LogP contribution in [0.15, 0.2) is 73.4 Å². The molecule has 1 unspecified atom stereocenters. The number of amides is 2. The Bertz CT molecular complexity index is 1270. The summed E-state index contributed by atoms with van der Waals surface area (Å²) in [6.07, 6.45) is 2.69. The fourth-order valence-corrected chi connectivity index (χ4v) is 3.93. The minimum Gasteiger partial charge on any atom is -0.374 e. The number of aromatic nitrogens is 1. The largest absolute Gasteiger partial charge is 0.374 e. The average molecular weight is 515 g/mol. The van der Waals surface area contributed by atoms with Crippen LogP contribution in [0.4, 0.5) is 22.0 Å². The van der Waals surface area contributed by atoms with Crippen LogP contribution in [0.3, 0.4) is 0 Å². The van der Waals surface area contributed by atoms with Gasteiger partial charge in [0.05, 0.1) is 11.3 Å². The molecule has 0 bridgehead atoms. The van der Waals surface area contributed by atoms with Gasteiger partial charge in [-0.2, -0.15) is 0 Å². The number of rotatable bonds is 13. The number of anilines is 3. The molecule has 2 amide bonds. The number of hydrogen-bond donors (Lipinski definition) is 3. The summed E-state index contributed by atoms with van der Waals surface area (Å²) < 4.78 is 5.22. The summed E-state index contributed by atoms with van der Waals surface area (Å²) in [7, 11) is 1.55. The highest BCUT2D eigenvalue weighted by atomic mass is 16.5. The lowest BCUT2D eigenvalue weighted by Crippen LogP contribution is -2.28. The first-order chi connectivity index (χ1) is 18.4. The Hall–Kier alpha value is -4.30. The number of nitrogens with zero attached hydrogens (tertiary/aromatic N) is 1. The van der Waals surface area contributed by atoms with Crippen LogP contribution >= 0.6 is 0 Å². The van der Waals surface area contributed by atoms with E-state index in [0.717, 1.165) is 11.3 Å². The first kappa shape index (κ1) is 28.3. The molecule has 1 heterocycles. The van der Waals surface area contributed by atoms with E-state index in [-0.39, 0.29) is 23.7 Å². The molecule has 0 spiro atoms. The monoisotopic (exact) mass is 514 g/mol. The first-order valence-corrected chi connectivity index (χ1v) is 12.6. The van der Waals surface area contributed by atoms with Crippen molar-refractivity contribution in [3.8, 4) is 0 Å². The smallest absolute Gasteiger partial charge is 0.320 e. The van der Waals surface area contributed by atoms with Gasteiger partial charge in [-0.1, -0.05) is 56.0 Å². The predicted molar refractivity (Wildman–Crippen MR) is 151 cm³/mol. The van der Waals surface area contributed by atoms with E-state index < -0.39 is 0 Å². The van der Waals surface area contributed by atoms with Crippen molar-refractivity contribution in [1.82, 2.24) is 10.3 Å². The number of methoxy groups -OCH3 is 1. The van der Waals surface area contributed by atoms with Gasteiger partial charge in [-0.05, 0) is 43.0 Å². The zero-order chi connectivity index (χ0) is 27.5. The number of Topliss-reactive ketones (excluding diaryl/α,β-unsaturated/α-hetero) is 2. The number of ketones is 2. The molecular formula is C30H34N4O4. The summed E-state index contributed by atoms with van der Waals surface area (Å²) in [4.78, 5) is 42.0. The molecule has 38 heavy (non-hydrogen) atoms. The number of benzene rings is 2. The molecule has 1 aromatic heterocycles. The van der Waals surface area contributed by atoms with Crippen LogP contribution in [0.2, 0.25) is 0 Å². The van der Waals surface area contributed by atoms with Gasteiger partial charge in [0.1, 0.15) is 11.9 Å². The van der Waals surface area contributed by atoms with Crippen molar-refractivity contribution in [3.05, 3.63) is 90.1 Å². The fourth-order valence-electron chi connectivity index (χ4n) is 3.93.